The Morgan fingerprint density at radius 2 is 1.52 bits per heavy atom. The number of esters is 1. The van der Waals surface area contributed by atoms with Gasteiger partial charge in [-0.3, -0.25) is 4.79 Å². The van der Waals surface area contributed by atoms with Crippen LogP contribution < -0.4 is 23.7 Å². The molecule has 11 heteroatoms. The third kappa shape index (κ3) is 9.23. The first-order chi connectivity index (χ1) is 25.3. The van der Waals surface area contributed by atoms with Crippen molar-refractivity contribution >= 4 is 11.9 Å². The molecular formula is C41H53NO10. The van der Waals surface area contributed by atoms with Crippen LogP contribution in [0.1, 0.15) is 86.5 Å². The number of hydrogen-bond donors (Lipinski definition) is 2. The summed E-state index contributed by atoms with van der Waals surface area (Å²) in [6.07, 6.45) is 7.32. The molecule has 0 radical (unpaired) electrons. The van der Waals surface area contributed by atoms with Crippen LogP contribution in [-0.2, 0) is 20.7 Å². The van der Waals surface area contributed by atoms with Gasteiger partial charge in [0.1, 0.15) is 24.5 Å². The summed E-state index contributed by atoms with van der Waals surface area (Å²) in [5.41, 5.74) is 2.37. The Morgan fingerprint density at radius 1 is 0.788 bits per heavy atom. The van der Waals surface area contributed by atoms with Gasteiger partial charge in [0.2, 0.25) is 11.7 Å². The number of carbonyl (C=O) groups excluding carboxylic acids is 2. The zero-order valence-electron chi connectivity index (χ0n) is 30.8. The fourth-order valence-corrected chi connectivity index (χ4v) is 7.67. The Kier molecular flexibility index (Phi) is 13.9. The van der Waals surface area contributed by atoms with Crippen LogP contribution in [0.2, 0.25) is 0 Å². The molecule has 0 bridgehead atoms. The van der Waals surface area contributed by atoms with Gasteiger partial charge in [-0.2, -0.15) is 0 Å². The van der Waals surface area contributed by atoms with Crippen molar-refractivity contribution in [3.05, 3.63) is 71.3 Å². The summed E-state index contributed by atoms with van der Waals surface area (Å²) in [5.74, 6) is 1.45. The summed E-state index contributed by atoms with van der Waals surface area (Å²) < 4.78 is 34.4. The molecule has 2 fully saturated rings. The molecule has 1 saturated carbocycles. The van der Waals surface area contributed by atoms with Gasteiger partial charge in [-0.05, 0) is 104 Å². The Balaban J connectivity index is 1.44. The van der Waals surface area contributed by atoms with E-state index in [1.54, 1.807) is 44.4 Å². The number of benzene rings is 3. The molecule has 1 aliphatic carbocycles. The number of aromatic hydroxyl groups is 1. The van der Waals surface area contributed by atoms with E-state index in [4.69, 9.17) is 28.4 Å². The molecule has 2 N–H and O–H groups in total. The van der Waals surface area contributed by atoms with Crippen molar-refractivity contribution < 1.29 is 48.2 Å². The number of aliphatic hydroxyl groups is 1. The molecular weight excluding hydrogens is 666 g/mol. The highest BCUT2D eigenvalue weighted by molar-refractivity contribution is 5.89. The van der Waals surface area contributed by atoms with Crippen molar-refractivity contribution in [1.29, 1.82) is 0 Å². The van der Waals surface area contributed by atoms with Crippen LogP contribution >= 0.6 is 0 Å². The van der Waals surface area contributed by atoms with Gasteiger partial charge in [0.25, 0.3) is 0 Å². The Bertz CT molecular complexity index is 1640. The van der Waals surface area contributed by atoms with Gasteiger partial charge in [0, 0.05) is 6.54 Å². The van der Waals surface area contributed by atoms with Crippen LogP contribution in [-0.4, -0.2) is 81.2 Å². The van der Waals surface area contributed by atoms with Gasteiger partial charge in [-0.1, -0.05) is 37.5 Å². The van der Waals surface area contributed by atoms with Gasteiger partial charge in [-0.25, -0.2) is 4.79 Å². The number of rotatable bonds is 16. The number of methoxy groups -OCH3 is 4. The van der Waals surface area contributed by atoms with E-state index in [-0.39, 0.29) is 30.8 Å². The molecule has 3 atom stereocenters. The lowest BCUT2D eigenvalue weighted by Gasteiger charge is -2.40. The summed E-state index contributed by atoms with van der Waals surface area (Å²) in [5, 5.41) is 19.8. The van der Waals surface area contributed by atoms with E-state index in [1.807, 2.05) is 36.4 Å². The molecule has 1 heterocycles. The summed E-state index contributed by atoms with van der Waals surface area (Å²) in [4.78, 5) is 30.9. The van der Waals surface area contributed by atoms with E-state index in [9.17, 15) is 19.8 Å². The number of nitrogens with zero attached hydrogens (tertiary/aromatic N) is 1. The number of phenolic OH excluding ortho intramolecular Hbond substituents is 1. The highest BCUT2D eigenvalue weighted by Gasteiger charge is 2.41. The molecule has 2 unspecified atom stereocenters. The van der Waals surface area contributed by atoms with Crippen LogP contribution in [0, 0.1) is 5.92 Å². The van der Waals surface area contributed by atoms with E-state index in [0.717, 1.165) is 56.1 Å². The highest BCUT2D eigenvalue weighted by atomic mass is 16.5. The van der Waals surface area contributed by atoms with Gasteiger partial charge in [0.05, 0.1) is 41.0 Å². The van der Waals surface area contributed by atoms with Crippen LogP contribution in [0.4, 0.5) is 0 Å². The maximum Gasteiger partial charge on any atom is 0.329 e. The van der Waals surface area contributed by atoms with Crippen molar-refractivity contribution in [1.82, 2.24) is 4.90 Å². The molecule has 282 valence electrons. The van der Waals surface area contributed by atoms with Gasteiger partial charge in [0.15, 0.2) is 23.0 Å². The predicted octanol–water partition coefficient (Wildman–Crippen LogP) is 6.76. The van der Waals surface area contributed by atoms with E-state index < -0.39 is 24.0 Å². The molecule has 11 nitrogen and oxygen atoms in total. The van der Waals surface area contributed by atoms with Crippen LogP contribution in [0.25, 0.3) is 0 Å². The minimum absolute atomic E-state index is 0.0530. The van der Waals surface area contributed by atoms with Crippen molar-refractivity contribution in [2.75, 3.05) is 48.2 Å². The molecule has 52 heavy (non-hydrogen) atoms. The highest BCUT2D eigenvalue weighted by Crippen LogP contribution is 2.45. The first-order valence-electron chi connectivity index (χ1n) is 18.3. The van der Waals surface area contributed by atoms with E-state index in [2.05, 4.69) is 0 Å². The molecule has 0 spiro atoms. The third-order valence-corrected chi connectivity index (χ3v) is 10.3. The maximum atomic E-state index is 14.9. The maximum absolute atomic E-state index is 14.9. The van der Waals surface area contributed by atoms with Gasteiger partial charge < -0.3 is 43.5 Å². The average molecular weight is 720 g/mol. The minimum atomic E-state index is -0.765. The molecule has 5 rings (SSSR count). The largest absolute Gasteiger partial charge is 0.508 e. The van der Waals surface area contributed by atoms with Crippen molar-refractivity contribution in [2.24, 2.45) is 5.92 Å². The number of piperidine rings is 1. The number of carbonyl (C=O) groups is 2. The minimum Gasteiger partial charge on any atom is -0.508 e. The van der Waals surface area contributed by atoms with Crippen LogP contribution in [0.15, 0.2) is 54.6 Å². The van der Waals surface area contributed by atoms with Crippen LogP contribution in [0.5, 0.6) is 34.5 Å². The lowest BCUT2D eigenvalue weighted by molar-refractivity contribution is -0.163. The quantitative estimate of drug-likeness (QED) is 0.153. The predicted molar refractivity (Wildman–Crippen MR) is 196 cm³/mol. The number of aryl methyl sites for hydroxylation is 1. The number of aliphatic hydroxyl groups excluding tert-OH is 1. The molecule has 2 aliphatic rings. The van der Waals surface area contributed by atoms with Crippen molar-refractivity contribution in [3.63, 3.8) is 0 Å². The fraction of sp³-hybridized carbons (Fsp3) is 0.512. The molecule has 1 saturated heterocycles. The van der Waals surface area contributed by atoms with E-state index in [0.29, 0.717) is 60.1 Å². The first-order valence-corrected chi connectivity index (χ1v) is 18.3. The topological polar surface area (TPSA) is 133 Å². The number of phenols is 1. The second-order valence-electron chi connectivity index (χ2n) is 13.5. The van der Waals surface area contributed by atoms with Crippen molar-refractivity contribution in [3.8, 4) is 34.5 Å². The summed E-state index contributed by atoms with van der Waals surface area (Å²) in [6, 6.07) is 15.4. The molecule has 3 aromatic rings. The number of amides is 1. The number of likely N-dealkylation sites (tertiary alicyclic amines) is 1. The van der Waals surface area contributed by atoms with Crippen molar-refractivity contribution in [2.45, 2.75) is 82.3 Å². The average Bonchev–Trinajstić information content (AvgIpc) is 3.18. The molecule has 0 aromatic heterocycles. The van der Waals surface area contributed by atoms with Gasteiger partial charge >= 0.3 is 5.97 Å². The van der Waals surface area contributed by atoms with E-state index in [1.165, 1.54) is 7.11 Å². The first kappa shape index (κ1) is 38.6. The smallest absolute Gasteiger partial charge is 0.329 e. The summed E-state index contributed by atoms with van der Waals surface area (Å²) in [7, 11) is 6.24. The second kappa shape index (κ2) is 18.7. The molecule has 3 aromatic carbocycles. The summed E-state index contributed by atoms with van der Waals surface area (Å²) >= 11 is 0. The third-order valence-electron chi connectivity index (χ3n) is 10.3. The van der Waals surface area contributed by atoms with E-state index >= 15 is 0 Å². The fourth-order valence-electron chi connectivity index (χ4n) is 7.67. The normalized spacial score (nSPS) is 17.5. The standard InChI is InChI=1S/C41H53NO10/c1-47-34-19-17-27(23-35(34)48-2)16-18-33(29-13-10-14-31(44)24-29)52-41(46)32-15-8-9-20-42(32)40(45)38(28-11-6-5-7-12-28)30-25-36(49-3)39(50-4)37(26-30)51-22-21-43/h10,13-14,17,19,23-26,28,32-33,38,43-44H,5-9,11-12,15-16,18,20-22H2,1-4H3/t32-,33?,38?/m1/s1. The summed E-state index contributed by atoms with van der Waals surface area (Å²) in [6.45, 7) is 0.305. The Labute approximate surface area is 306 Å². The zero-order chi connectivity index (χ0) is 37.0. The Morgan fingerprint density at radius 3 is 2.21 bits per heavy atom. The van der Waals surface area contributed by atoms with Gasteiger partial charge in [-0.15, -0.1) is 0 Å². The molecule has 1 aliphatic heterocycles. The Hall–Kier alpha value is -4.64. The second-order valence-corrected chi connectivity index (χ2v) is 13.5. The lowest BCUT2D eigenvalue weighted by atomic mass is 9.75. The SMILES string of the molecule is COc1ccc(CCC(OC(=O)[C@H]2CCCCN2C(=O)C(c2cc(OC)c(OC)c(OCCO)c2)C2CCCCC2)c2cccc(O)c2)cc1OC. The lowest BCUT2D eigenvalue weighted by Crippen LogP contribution is -2.51. The molecule has 1 amide bonds. The monoisotopic (exact) mass is 719 g/mol. The number of ether oxygens (including phenoxy) is 6. The number of hydrogen-bond acceptors (Lipinski definition) is 10. The van der Waals surface area contributed by atoms with Crippen LogP contribution in [0.3, 0.4) is 0 Å². The zero-order valence-corrected chi connectivity index (χ0v) is 30.8.